The van der Waals surface area contributed by atoms with Gasteiger partial charge in [-0.3, -0.25) is 9.52 Å². The lowest BCUT2D eigenvalue weighted by atomic mass is 10.2. The Kier molecular flexibility index (Phi) is 6.93. The van der Waals surface area contributed by atoms with E-state index in [4.69, 9.17) is 0 Å². The number of carbonyl (C=O) groups is 1. The third kappa shape index (κ3) is 5.71. The zero-order valence-electron chi connectivity index (χ0n) is 15.4. The third-order valence-electron chi connectivity index (χ3n) is 3.77. The zero-order valence-corrected chi connectivity index (χ0v) is 17.0. The first-order chi connectivity index (χ1) is 13.5. The number of esters is 1. The van der Waals surface area contributed by atoms with Crippen LogP contribution >= 0.6 is 0 Å². The van der Waals surface area contributed by atoms with Crippen molar-refractivity contribution in [3.8, 4) is 0 Å². The topological polar surface area (TPSA) is 119 Å². The molecule has 0 saturated heterocycles. The van der Waals surface area contributed by atoms with Gasteiger partial charge in [-0.25, -0.2) is 30.3 Å². The van der Waals surface area contributed by atoms with Crippen LogP contribution in [0.1, 0.15) is 12.0 Å². The van der Waals surface area contributed by atoms with Crippen LogP contribution in [0.4, 0.5) is 14.5 Å². The molecule has 12 heteroatoms. The van der Waals surface area contributed by atoms with Gasteiger partial charge >= 0.3 is 5.97 Å². The summed E-state index contributed by atoms with van der Waals surface area (Å²) in [6.45, 7) is 1.11. The Morgan fingerprint density at radius 3 is 2.21 bits per heavy atom. The van der Waals surface area contributed by atoms with Crippen molar-refractivity contribution in [1.29, 1.82) is 0 Å². The Hall–Kier alpha value is -2.57. The molecule has 0 aromatic heterocycles. The predicted molar refractivity (Wildman–Crippen MR) is 100 cm³/mol. The fourth-order valence-corrected chi connectivity index (χ4v) is 4.38. The maximum atomic E-state index is 13.9. The smallest absolute Gasteiger partial charge is 0.306 e. The second-order valence-electron chi connectivity index (χ2n) is 5.89. The average Bonchev–Trinajstić information content (AvgIpc) is 2.64. The lowest BCUT2D eigenvalue weighted by molar-refractivity contribution is -0.140. The number of sulfonamides is 2. The molecule has 0 radical (unpaired) electrons. The zero-order chi connectivity index (χ0) is 21.8. The maximum absolute atomic E-state index is 13.9. The Morgan fingerprint density at radius 2 is 1.62 bits per heavy atom. The first-order valence-electron chi connectivity index (χ1n) is 8.11. The van der Waals surface area contributed by atoms with E-state index in [0.717, 1.165) is 30.3 Å². The minimum Gasteiger partial charge on any atom is -0.469 e. The van der Waals surface area contributed by atoms with Gasteiger partial charge in [0.1, 0.15) is 16.5 Å². The minimum absolute atomic E-state index is 0.0456. The molecule has 2 aromatic rings. The van der Waals surface area contributed by atoms with E-state index in [0.29, 0.717) is 6.07 Å². The van der Waals surface area contributed by atoms with Crippen molar-refractivity contribution in [3.05, 3.63) is 53.6 Å². The van der Waals surface area contributed by atoms with E-state index in [1.807, 2.05) is 0 Å². The molecule has 0 bridgehead atoms. The highest BCUT2D eigenvalue weighted by molar-refractivity contribution is 7.92. The molecule has 0 aliphatic rings. The first-order valence-corrected chi connectivity index (χ1v) is 11.1. The van der Waals surface area contributed by atoms with Gasteiger partial charge in [-0.2, -0.15) is 0 Å². The number of hydrogen-bond acceptors (Lipinski definition) is 6. The van der Waals surface area contributed by atoms with E-state index in [1.165, 1.54) is 14.0 Å². The molecule has 0 unspecified atom stereocenters. The summed E-state index contributed by atoms with van der Waals surface area (Å²) >= 11 is 0. The molecule has 2 N–H and O–H groups in total. The van der Waals surface area contributed by atoms with Crippen LogP contribution in [0.15, 0.2) is 46.2 Å². The molecule has 29 heavy (non-hydrogen) atoms. The second-order valence-corrected chi connectivity index (χ2v) is 9.30. The quantitative estimate of drug-likeness (QED) is 0.596. The van der Waals surface area contributed by atoms with E-state index in [1.54, 1.807) is 0 Å². The number of nitrogens with one attached hydrogen (secondary N) is 2. The van der Waals surface area contributed by atoms with Gasteiger partial charge in [-0.05, 0) is 48.9 Å². The summed E-state index contributed by atoms with van der Waals surface area (Å²) < 4.78 is 85.1. The molecule has 8 nitrogen and oxygen atoms in total. The number of aryl methyl sites for hydroxylation is 1. The minimum atomic E-state index is -4.44. The molecule has 0 heterocycles. The molecule has 0 amide bonds. The first kappa shape index (κ1) is 22.7. The SMILES string of the molecule is COC(=O)CCNS(=O)(=O)c1ccc(NS(=O)(=O)c2cc(F)c(C)cc2F)cc1. The Bertz CT molecular complexity index is 1120. The van der Waals surface area contributed by atoms with Gasteiger partial charge in [0.05, 0.1) is 18.4 Å². The van der Waals surface area contributed by atoms with Gasteiger partial charge in [-0.1, -0.05) is 0 Å². The monoisotopic (exact) mass is 448 g/mol. The Labute approximate surface area is 167 Å². The van der Waals surface area contributed by atoms with Crippen LogP contribution in [-0.4, -0.2) is 36.5 Å². The summed E-state index contributed by atoms with van der Waals surface area (Å²) in [6, 6.07) is 5.86. The largest absolute Gasteiger partial charge is 0.469 e. The summed E-state index contributed by atoms with van der Waals surface area (Å²) in [5.74, 6) is -2.59. The molecule has 0 aliphatic carbocycles. The average molecular weight is 448 g/mol. The highest BCUT2D eigenvalue weighted by atomic mass is 32.2. The van der Waals surface area contributed by atoms with E-state index in [-0.39, 0.29) is 29.1 Å². The van der Waals surface area contributed by atoms with Crippen molar-refractivity contribution in [2.24, 2.45) is 0 Å². The summed E-state index contributed by atoms with van der Waals surface area (Å²) in [5, 5.41) is 0. The molecular formula is C17H18F2N2O6S2. The number of anilines is 1. The maximum Gasteiger partial charge on any atom is 0.306 e. The summed E-state index contributed by atoms with van der Waals surface area (Å²) in [7, 11) is -7.20. The van der Waals surface area contributed by atoms with E-state index < -0.39 is 42.5 Å². The summed E-state index contributed by atoms with van der Waals surface area (Å²) in [4.78, 5) is 9.96. The van der Waals surface area contributed by atoms with Gasteiger partial charge in [0.25, 0.3) is 10.0 Å². The lowest BCUT2D eigenvalue weighted by Gasteiger charge is -2.11. The van der Waals surface area contributed by atoms with Crippen LogP contribution in [0.25, 0.3) is 0 Å². The summed E-state index contributed by atoms with van der Waals surface area (Å²) in [5.41, 5.74) is -0.102. The highest BCUT2D eigenvalue weighted by Gasteiger charge is 2.22. The molecule has 0 fully saturated rings. The van der Waals surface area contributed by atoms with Crippen molar-refractivity contribution >= 4 is 31.7 Å². The van der Waals surface area contributed by atoms with Crippen LogP contribution in [-0.2, 0) is 29.6 Å². The third-order valence-corrected chi connectivity index (χ3v) is 6.64. The molecule has 0 aliphatic heterocycles. The van der Waals surface area contributed by atoms with Crippen LogP contribution < -0.4 is 9.44 Å². The highest BCUT2D eigenvalue weighted by Crippen LogP contribution is 2.22. The molecule has 0 saturated carbocycles. The van der Waals surface area contributed by atoms with Crippen molar-refractivity contribution in [2.45, 2.75) is 23.1 Å². The molecule has 0 spiro atoms. The number of benzene rings is 2. The molecule has 0 atom stereocenters. The fraction of sp³-hybridized carbons (Fsp3) is 0.235. The lowest BCUT2D eigenvalue weighted by Crippen LogP contribution is -2.26. The van der Waals surface area contributed by atoms with Crippen molar-refractivity contribution in [2.75, 3.05) is 18.4 Å². The Morgan fingerprint density at radius 1 is 1.00 bits per heavy atom. The number of halogens is 2. The standard InChI is InChI=1S/C17H18F2N2O6S2/c1-11-9-15(19)16(10-14(11)18)29(25,26)21-12-3-5-13(6-4-12)28(23,24)20-8-7-17(22)27-2/h3-6,9-10,20-21H,7-8H2,1-2H3. The van der Waals surface area contributed by atoms with Crippen molar-refractivity contribution < 1.29 is 35.1 Å². The van der Waals surface area contributed by atoms with E-state index in [2.05, 4.69) is 14.2 Å². The second kappa shape index (κ2) is 8.84. The number of methoxy groups -OCH3 is 1. The van der Waals surface area contributed by atoms with Gasteiger partial charge in [-0.15, -0.1) is 0 Å². The predicted octanol–water partition coefficient (Wildman–Crippen LogP) is 1.92. The molecule has 158 valence electrons. The Balaban J connectivity index is 2.16. The van der Waals surface area contributed by atoms with E-state index in [9.17, 15) is 30.4 Å². The van der Waals surface area contributed by atoms with Crippen molar-refractivity contribution in [1.82, 2.24) is 4.72 Å². The number of rotatable bonds is 8. The van der Waals surface area contributed by atoms with Crippen molar-refractivity contribution in [3.63, 3.8) is 0 Å². The van der Waals surface area contributed by atoms with Crippen LogP contribution in [0, 0.1) is 18.6 Å². The van der Waals surface area contributed by atoms with Crippen LogP contribution in [0.2, 0.25) is 0 Å². The fourth-order valence-electron chi connectivity index (χ4n) is 2.22. The molecule has 2 aromatic carbocycles. The van der Waals surface area contributed by atoms with Gasteiger partial charge in [0, 0.05) is 12.2 Å². The number of carbonyl (C=O) groups excluding carboxylic acids is 1. The van der Waals surface area contributed by atoms with Gasteiger partial charge < -0.3 is 4.74 Å². The number of hydrogen-bond donors (Lipinski definition) is 2. The normalized spacial score (nSPS) is 11.9. The molecular weight excluding hydrogens is 430 g/mol. The van der Waals surface area contributed by atoms with Gasteiger partial charge in [0.15, 0.2) is 0 Å². The van der Waals surface area contributed by atoms with Crippen LogP contribution in [0.3, 0.4) is 0 Å². The van der Waals surface area contributed by atoms with E-state index >= 15 is 0 Å². The molecule has 2 rings (SSSR count). The van der Waals surface area contributed by atoms with Crippen LogP contribution in [0.5, 0.6) is 0 Å². The van der Waals surface area contributed by atoms with Gasteiger partial charge in [0.2, 0.25) is 10.0 Å². The summed E-state index contributed by atoms with van der Waals surface area (Å²) in [6.07, 6.45) is -0.160. The number of ether oxygens (including phenoxy) is 1.